The zero-order valence-electron chi connectivity index (χ0n) is 9.27. The molecule has 0 N–H and O–H groups in total. The summed E-state index contributed by atoms with van der Waals surface area (Å²) in [5, 5.41) is 0. The van der Waals surface area contributed by atoms with Crippen LogP contribution in [0.25, 0.3) is 0 Å². The predicted octanol–water partition coefficient (Wildman–Crippen LogP) is 1.97. The van der Waals surface area contributed by atoms with Gasteiger partial charge in [0.2, 0.25) is 0 Å². The monoisotopic (exact) mass is 207 g/mol. The van der Waals surface area contributed by atoms with E-state index in [1.807, 2.05) is 24.3 Å². The number of rotatable bonds is 6. The number of benzene rings is 1. The Labute approximate surface area is 90.7 Å². The maximum absolute atomic E-state index is 10.5. The summed E-state index contributed by atoms with van der Waals surface area (Å²) in [7, 11) is 1.70. The number of anilines is 1. The Hall–Kier alpha value is -1.35. The maximum Gasteiger partial charge on any atom is 0.150 e. The Morgan fingerprint density at radius 1 is 1.33 bits per heavy atom. The number of hydrogen-bond donors (Lipinski definition) is 0. The zero-order chi connectivity index (χ0) is 11.1. The van der Waals surface area contributed by atoms with Crippen molar-refractivity contribution in [2.75, 3.05) is 31.7 Å². The van der Waals surface area contributed by atoms with Gasteiger partial charge in [-0.25, -0.2) is 0 Å². The number of carbonyl (C=O) groups excluding carboxylic acids is 1. The molecular weight excluding hydrogens is 190 g/mol. The molecule has 0 amide bonds. The van der Waals surface area contributed by atoms with Crippen LogP contribution < -0.4 is 4.90 Å². The lowest BCUT2D eigenvalue weighted by atomic mass is 10.2. The molecule has 0 aromatic heterocycles. The van der Waals surface area contributed by atoms with Gasteiger partial charge in [0.05, 0.1) is 6.61 Å². The molecule has 0 unspecified atom stereocenters. The highest BCUT2D eigenvalue weighted by molar-refractivity contribution is 5.75. The molecule has 0 fully saturated rings. The highest BCUT2D eigenvalue weighted by atomic mass is 16.5. The van der Waals surface area contributed by atoms with Crippen molar-refractivity contribution in [3.63, 3.8) is 0 Å². The van der Waals surface area contributed by atoms with Gasteiger partial charge in [-0.2, -0.15) is 0 Å². The van der Waals surface area contributed by atoms with E-state index in [9.17, 15) is 4.79 Å². The number of ether oxygens (including phenoxy) is 1. The van der Waals surface area contributed by atoms with Gasteiger partial charge in [0.15, 0.2) is 0 Å². The molecule has 1 aromatic rings. The molecule has 0 bridgehead atoms. The van der Waals surface area contributed by atoms with Gasteiger partial charge < -0.3 is 9.64 Å². The van der Waals surface area contributed by atoms with Gasteiger partial charge in [-0.3, -0.25) is 4.79 Å². The van der Waals surface area contributed by atoms with Crippen LogP contribution in [0.2, 0.25) is 0 Å². The molecule has 3 heteroatoms. The lowest BCUT2D eigenvalue weighted by Gasteiger charge is -2.22. The van der Waals surface area contributed by atoms with E-state index in [4.69, 9.17) is 4.74 Å². The molecule has 1 rings (SSSR count). The van der Waals surface area contributed by atoms with Gasteiger partial charge in [-0.05, 0) is 31.2 Å². The summed E-state index contributed by atoms with van der Waals surface area (Å²) >= 11 is 0. The number of aldehydes is 1. The summed E-state index contributed by atoms with van der Waals surface area (Å²) < 4.78 is 5.04. The first-order valence-corrected chi connectivity index (χ1v) is 5.11. The number of hydrogen-bond acceptors (Lipinski definition) is 3. The van der Waals surface area contributed by atoms with Crippen molar-refractivity contribution in [3.8, 4) is 0 Å². The van der Waals surface area contributed by atoms with Crippen LogP contribution in [0.5, 0.6) is 0 Å². The minimum atomic E-state index is 0.710. The number of nitrogens with zero attached hydrogens (tertiary/aromatic N) is 1. The third kappa shape index (κ3) is 3.36. The lowest BCUT2D eigenvalue weighted by molar-refractivity contribution is 0.112. The van der Waals surface area contributed by atoms with Crippen LogP contribution in [-0.4, -0.2) is 33.1 Å². The second kappa shape index (κ2) is 6.19. The Morgan fingerprint density at radius 3 is 2.47 bits per heavy atom. The third-order valence-electron chi connectivity index (χ3n) is 2.34. The smallest absolute Gasteiger partial charge is 0.150 e. The SMILES string of the molecule is CCN(CCOC)c1ccc(C=O)cc1. The van der Waals surface area contributed by atoms with Crippen LogP contribution in [-0.2, 0) is 4.74 Å². The summed E-state index contributed by atoms with van der Waals surface area (Å²) in [6.45, 7) is 4.61. The Kier molecular flexibility index (Phi) is 4.84. The van der Waals surface area contributed by atoms with E-state index in [0.29, 0.717) is 12.2 Å². The van der Waals surface area contributed by atoms with Crippen LogP contribution >= 0.6 is 0 Å². The second-order valence-electron chi connectivity index (χ2n) is 3.28. The molecule has 0 heterocycles. The van der Waals surface area contributed by atoms with E-state index < -0.39 is 0 Å². The van der Waals surface area contributed by atoms with Crippen molar-refractivity contribution < 1.29 is 9.53 Å². The van der Waals surface area contributed by atoms with Gasteiger partial charge >= 0.3 is 0 Å². The average Bonchev–Trinajstić information content (AvgIpc) is 2.31. The molecule has 0 aliphatic heterocycles. The van der Waals surface area contributed by atoms with Crippen molar-refractivity contribution in [1.29, 1.82) is 0 Å². The highest BCUT2D eigenvalue weighted by Crippen LogP contribution is 2.13. The number of carbonyl (C=O) groups is 1. The van der Waals surface area contributed by atoms with Crippen molar-refractivity contribution in [3.05, 3.63) is 29.8 Å². The fourth-order valence-corrected chi connectivity index (χ4v) is 1.43. The summed E-state index contributed by atoms with van der Waals surface area (Å²) in [5.74, 6) is 0. The first-order valence-electron chi connectivity index (χ1n) is 5.11. The van der Waals surface area contributed by atoms with Crippen molar-refractivity contribution >= 4 is 12.0 Å². The van der Waals surface area contributed by atoms with E-state index in [0.717, 1.165) is 25.1 Å². The second-order valence-corrected chi connectivity index (χ2v) is 3.28. The van der Waals surface area contributed by atoms with E-state index in [1.165, 1.54) is 0 Å². The lowest BCUT2D eigenvalue weighted by Crippen LogP contribution is -2.26. The van der Waals surface area contributed by atoms with Gasteiger partial charge in [0.25, 0.3) is 0 Å². The van der Waals surface area contributed by atoms with Gasteiger partial charge in [-0.15, -0.1) is 0 Å². The van der Waals surface area contributed by atoms with E-state index >= 15 is 0 Å². The van der Waals surface area contributed by atoms with Gasteiger partial charge in [-0.1, -0.05) is 0 Å². The molecule has 0 atom stereocenters. The Balaban J connectivity index is 2.69. The minimum Gasteiger partial charge on any atom is -0.383 e. The van der Waals surface area contributed by atoms with Crippen molar-refractivity contribution in [2.24, 2.45) is 0 Å². The zero-order valence-corrected chi connectivity index (χ0v) is 9.27. The molecule has 0 radical (unpaired) electrons. The van der Waals surface area contributed by atoms with Crippen LogP contribution in [0, 0.1) is 0 Å². The van der Waals surface area contributed by atoms with Crippen LogP contribution in [0.15, 0.2) is 24.3 Å². The van der Waals surface area contributed by atoms with Gasteiger partial charge in [0, 0.05) is 31.5 Å². The summed E-state index contributed by atoms with van der Waals surface area (Å²) in [5.41, 5.74) is 1.83. The Bertz CT molecular complexity index is 295. The summed E-state index contributed by atoms with van der Waals surface area (Å²) in [4.78, 5) is 12.7. The normalized spacial score (nSPS) is 10.0. The molecule has 0 aliphatic rings. The molecule has 0 aliphatic carbocycles. The minimum absolute atomic E-state index is 0.710. The van der Waals surface area contributed by atoms with E-state index in [-0.39, 0.29) is 0 Å². The van der Waals surface area contributed by atoms with Crippen LogP contribution in [0.1, 0.15) is 17.3 Å². The molecule has 3 nitrogen and oxygen atoms in total. The predicted molar refractivity (Wildman–Crippen MR) is 61.6 cm³/mol. The summed E-state index contributed by atoms with van der Waals surface area (Å²) in [6.07, 6.45) is 0.856. The molecule has 1 aromatic carbocycles. The molecular formula is C12H17NO2. The first kappa shape index (κ1) is 11.7. The fourth-order valence-electron chi connectivity index (χ4n) is 1.43. The molecule has 0 saturated heterocycles. The van der Waals surface area contributed by atoms with E-state index in [1.54, 1.807) is 7.11 Å². The van der Waals surface area contributed by atoms with Gasteiger partial charge in [0.1, 0.15) is 6.29 Å². The van der Waals surface area contributed by atoms with Crippen LogP contribution in [0.4, 0.5) is 5.69 Å². The highest BCUT2D eigenvalue weighted by Gasteiger charge is 2.02. The van der Waals surface area contributed by atoms with E-state index in [2.05, 4.69) is 11.8 Å². The van der Waals surface area contributed by atoms with Crippen molar-refractivity contribution in [2.45, 2.75) is 6.92 Å². The maximum atomic E-state index is 10.5. The number of methoxy groups -OCH3 is 1. The Morgan fingerprint density at radius 2 is 2.00 bits per heavy atom. The molecule has 15 heavy (non-hydrogen) atoms. The number of likely N-dealkylation sites (N-methyl/N-ethyl adjacent to an activating group) is 1. The molecule has 0 spiro atoms. The first-order chi connectivity index (χ1) is 7.31. The van der Waals surface area contributed by atoms with Crippen LogP contribution in [0.3, 0.4) is 0 Å². The summed E-state index contributed by atoms with van der Waals surface area (Å²) in [6, 6.07) is 7.58. The van der Waals surface area contributed by atoms with Crippen molar-refractivity contribution in [1.82, 2.24) is 0 Å². The average molecular weight is 207 g/mol. The third-order valence-corrected chi connectivity index (χ3v) is 2.34. The standard InChI is InChI=1S/C12H17NO2/c1-3-13(8-9-15-2)12-6-4-11(10-14)5-7-12/h4-7,10H,3,8-9H2,1-2H3. The fraction of sp³-hybridized carbons (Fsp3) is 0.417. The molecule has 0 saturated carbocycles. The topological polar surface area (TPSA) is 29.5 Å². The quantitative estimate of drug-likeness (QED) is 0.668. The largest absolute Gasteiger partial charge is 0.383 e. The molecule has 82 valence electrons.